The maximum Gasteiger partial charge on any atom is 0.259 e. The van der Waals surface area contributed by atoms with Gasteiger partial charge in [0.1, 0.15) is 0 Å². The molecule has 1 aliphatic carbocycles. The number of fused-ring (bicyclic) bond motifs is 2. The van der Waals surface area contributed by atoms with E-state index < -0.39 is 0 Å². The number of ether oxygens (including phenoxy) is 1. The van der Waals surface area contributed by atoms with Gasteiger partial charge in [-0.05, 0) is 38.2 Å². The van der Waals surface area contributed by atoms with E-state index in [1.165, 1.54) is 0 Å². The van der Waals surface area contributed by atoms with Crippen LogP contribution in [0.25, 0.3) is 11.1 Å². The number of nitrogens with zero attached hydrogens (tertiary/aromatic N) is 2. The van der Waals surface area contributed by atoms with Crippen molar-refractivity contribution in [1.29, 1.82) is 0 Å². The molecule has 1 aliphatic rings. The second kappa shape index (κ2) is 5.81. The van der Waals surface area contributed by atoms with Crippen LogP contribution in [0.5, 0.6) is 0 Å². The van der Waals surface area contributed by atoms with Gasteiger partial charge < -0.3 is 14.6 Å². The predicted molar refractivity (Wildman–Crippen MR) is 77.4 cm³/mol. The monoisotopic (exact) mass is 289 g/mol. The van der Waals surface area contributed by atoms with E-state index in [1.54, 1.807) is 7.11 Å². The minimum atomic E-state index is -0.0667. The summed E-state index contributed by atoms with van der Waals surface area (Å²) in [6, 6.07) is 0. The number of amides is 1. The van der Waals surface area contributed by atoms with Crippen LogP contribution >= 0.6 is 0 Å². The minimum absolute atomic E-state index is 0.0667. The average molecular weight is 289 g/mol. The summed E-state index contributed by atoms with van der Waals surface area (Å²) < 4.78 is 10.2. The second-order valence-electron chi connectivity index (χ2n) is 5.32. The van der Waals surface area contributed by atoms with Gasteiger partial charge in [0, 0.05) is 26.0 Å². The van der Waals surface area contributed by atoms with Crippen molar-refractivity contribution in [1.82, 2.24) is 15.5 Å². The smallest absolute Gasteiger partial charge is 0.259 e. The number of hydrogen-bond acceptors (Lipinski definition) is 5. The van der Waals surface area contributed by atoms with Crippen molar-refractivity contribution in [2.45, 2.75) is 32.6 Å². The Hall–Kier alpha value is -1.95. The first-order valence-electron chi connectivity index (χ1n) is 7.27. The van der Waals surface area contributed by atoms with Crippen molar-refractivity contribution >= 4 is 17.0 Å². The Morgan fingerprint density at radius 3 is 3.10 bits per heavy atom. The van der Waals surface area contributed by atoms with Crippen LogP contribution in [0.1, 0.15) is 40.2 Å². The van der Waals surface area contributed by atoms with E-state index >= 15 is 0 Å². The summed E-state index contributed by atoms with van der Waals surface area (Å²) in [5.41, 5.74) is 3.91. The van der Waals surface area contributed by atoms with Crippen molar-refractivity contribution in [3.63, 3.8) is 0 Å². The molecule has 2 heterocycles. The molecular formula is C15H19N3O3. The summed E-state index contributed by atoms with van der Waals surface area (Å²) >= 11 is 0. The van der Waals surface area contributed by atoms with Crippen LogP contribution in [-0.2, 0) is 17.6 Å². The third-order valence-electron chi connectivity index (χ3n) is 3.86. The average Bonchev–Trinajstić information content (AvgIpc) is 3.08. The Morgan fingerprint density at radius 1 is 1.43 bits per heavy atom. The maximum absolute atomic E-state index is 12.6. The summed E-state index contributed by atoms with van der Waals surface area (Å²) in [5, 5.41) is 7.66. The van der Waals surface area contributed by atoms with E-state index in [0.717, 1.165) is 42.3 Å². The van der Waals surface area contributed by atoms with Crippen LogP contribution in [0, 0.1) is 6.92 Å². The third kappa shape index (κ3) is 2.51. The van der Waals surface area contributed by atoms with E-state index in [0.29, 0.717) is 30.1 Å². The molecule has 6 nitrogen and oxygen atoms in total. The van der Waals surface area contributed by atoms with Gasteiger partial charge >= 0.3 is 0 Å². The van der Waals surface area contributed by atoms with Crippen LogP contribution in [0.2, 0.25) is 0 Å². The molecule has 0 aromatic carbocycles. The predicted octanol–water partition coefficient (Wildman–Crippen LogP) is 1.79. The quantitative estimate of drug-likeness (QED) is 0.849. The van der Waals surface area contributed by atoms with Crippen LogP contribution in [0.4, 0.5) is 0 Å². The number of aryl methyl sites for hydroxylation is 2. The van der Waals surface area contributed by atoms with Crippen LogP contribution < -0.4 is 5.32 Å². The fourth-order valence-corrected chi connectivity index (χ4v) is 2.87. The first kappa shape index (κ1) is 14.0. The molecule has 0 unspecified atom stereocenters. The summed E-state index contributed by atoms with van der Waals surface area (Å²) in [5.74, 6) is -0.0667. The van der Waals surface area contributed by atoms with E-state index in [4.69, 9.17) is 9.26 Å². The standard InChI is InChI=1S/C15H19N3O3/c1-9-12-13(14(19)16-7-4-8-20-2)10-5-3-6-11(10)17-15(12)21-18-9/h3-8H2,1-2H3,(H,16,19). The van der Waals surface area contributed by atoms with E-state index in [2.05, 4.69) is 15.5 Å². The largest absolute Gasteiger partial charge is 0.385 e. The highest BCUT2D eigenvalue weighted by Crippen LogP contribution is 2.31. The van der Waals surface area contributed by atoms with Gasteiger partial charge in [0.2, 0.25) is 0 Å². The first-order chi connectivity index (χ1) is 10.2. The molecule has 3 rings (SSSR count). The van der Waals surface area contributed by atoms with Gasteiger partial charge in [-0.1, -0.05) is 5.16 Å². The zero-order valence-electron chi connectivity index (χ0n) is 12.4. The number of pyridine rings is 1. The molecule has 2 aromatic heterocycles. The molecule has 0 saturated heterocycles. The van der Waals surface area contributed by atoms with Gasteiger partial charge in [-0.2, -0.15) is 0 Å². The van der Waals surface area contributed by atoms with Crippen molar-refractivity contribution < 1.29 is 14.1 Å². The molecule has 21 heavy (non-hydrogen) atoms. The molecule has 2 aromatic rings. The Morgan fingerprint density at radius 2 is 2.29 bits per heavy atom. The maximum atomic E-state index is 12.6. The SMILES string of the molecule is COCCCNC(=O)c1c2c(nc3onc(C)c13)CCC2. The Kier molecular flexibility index (Phi) is 3.88. The molecule has 0 spiro atoms. The molecule has 1 N–H and O–H groups in total. The van der Waals surface area contributed by atoms with Gasteiger partial charge in [0.25, 0.3) is 11.6 Å². The number of hydrogen-bond donors (Lipinski definition) is 1. The van der Waals surface area contributed by atoms with Gasteiger partial charge in [-0.3, -0.25) is 4.79 Å². The third-order valence-corrected chi connectivity index (χ3v) is 3.86. The molecule has 6 heteroatoms. The van der Waals surface area contributed by atoms with Gasteiger partial charge in [-0.25, -0.2) is 4.98 Å². The normalized spacial score (nSPS) is 13.6. The van der Waals surface area contributed by atoms with Crippen molar-refractivity contribution in [3.8, 4) is 0 Å². The fraction of sp³-hybridized carbons (Fsp3) is 0.533. The van der Waals surface area contributed by atoms with Crippen LogP contribution in [-0.4, -0.2) is 36.3 Å². The van der Waals surface area contributed by atoms with Crippen LogP contribution in [0.15, 0.2) is 4.52 Å². The fourth-order valence-electron chi connectivity index (χ4n) is 2.87. The van der Waals surface area contributed by atoms with E-state index in [-0.39, 0.29) is 5.91 Å². The molecule has 0 saturated carbocycles. The lowest BCUT2D eigenvalue weighted by molar-refractivity contribution is 0.0949. The molecule has 0 radical (unpaired) electrons. The zero-order chi connectivity index (χ0) is 14.8. The number of rotatable bonds is 5. The van der Waals surface area contributed by atoms with E-state index in [1.807, 2.05) is 6.92 Å². The minimum Gasteiger partial charge on any atom is -0.385 e. The number of aromatic nitrogens is 2. The Labute approximate surface area is 122 Å². The molecule has 0 bridgehead atoms. The van der Waals surface area contributed by atoms with Crippen LogP contribution in [0.3, 0.4) is 0 Å². The molecule has 1 amide bonds. The summed E-state index contributed by atoms with van der Waals surface area (Å²) in [4.78, 5) is 17.1. The molecule has 0 fully saturated rings. The van der Waals surface area contributed by atoms with Gasteiger partial charge in [0.15, 0.2) is 0 Å². The highest BCUT2D eigenvalue weighted by atomic mass is 16.5. The molecule has 0 atom stereocenters. The number of nitrogens with one attached hydrogen (secondary N) is 1. The van der Waals surface area contributed by atoms with Crippen molar-refractivity contribution in [3.05, 3.63) is 22.5 Å². The zero-order valence-corrected chi connectivity index (χ0v) is 12.4. The molecule has 112 valence electrons. The molecule has 0 aliphatic heterocycles. The lowest BCUT2D eigenvalue weighted by Gasteiger charge is -2.10. The number of methoxy groups -OCH3 is 1. The van der Waals surface area contributed by atoms with Crippen molar-refractivity contribution in [2.75, 3.05) is 20.3 Å². The summed E-state index contributed by atoms with van der Waals surface area (Å²) in [7, 11) is 1.65. The van der Waals surface area contributed by atoms with Crippen molar-refractivity contribution in [2.24, 2.45) is 0 Å². The number of carbonyl (C=O) groups is 1. The first-order valence-corrected chi connectivity index (χ1v) is 7.27. The lowest BCUT2D eigenvalue weighted by Crippen LogP contribution is -2.26. The van der Waals surface area contributed by atoms with Gasteiger partial charge in [0.05, 0.1) is 16.6 Å². The topological polar surface area (TPSA) is 77.2 Å². The number of carbonyl (C=O) groups excluding carboxylic acids is 1. The highest BCUT2D eigenvalue weighted by Gasteiger charge is 2.26. The summed E-state index contributed by atoms with van der Waals surface area (Å²) in [6.45, 7) is 3.07. The Bertz CT molecular complexity index is 678. The lowest BCUT2D eigenvalue weighted by atomic mass is 10.0. The molecular weight excluding hydrogens is 270 g/mol. The second-order valence-corrected chi connectivity index (χ2v) is 5.32. The summed E-state index contributed by atoms with van der Waals surface area (Å²) in [6.07, 6.45) is 3.62. The Balaban J connectivity index is 1.96. The van der Waals surface area contributed by atoms with E-state index in [9.17, 15) is 4.79 Å². The van der Waals surface area contributed by atoms with Gasteiger partial charge in [-0.15, -0.1) is 0 Å². The highest BCUT2D eigenvalue weighted by molar-refractivity contribution is 6.07.